The van der Waals surface area contributed by atoms with E-state index in [9.17, 15) is 4.79 Å². The van der Waals surface area contributed by atoms with Crippen LogP contribution in [0.4, 0.5) is 0 Å². The van der Waals surface area contributed by atoms with E-state index in [1.54, 1.807) is 0 Å². The number of hydrogen-bond donors (Lipinski definition) is 2. The second-order valence-corrected chi connectivity index (χ2v) is 1.62. The first-order valence-corrected chi connectivity index (χ1v) is 2.66. The summed E-state index contributed by atoms with van der Waals surface area (Å²) in [6.45, 7) is 0. The SMILES string of the molecule is CONC(=O)c1cn[nH]c1. The van der Waals surface area contributed by atoms with Gasteiger partial charge in [0.1, 0.15) is 0 Å². The monoisotopic (exact) mass is 141 g/mol. The zero-order valence-electron chi connectivity index (χ0n) is 5.42. The third-order valence-electron chi connectivity index (χ3n) is 0.955. The topological polar surface area (TPSA) is 67.0 Å². The summed E-state index contributed by atoms with van der Waals surface area (Å²) in [7, 11) is 1.37. The van der Waals surface area contributed by atoms with Gasteiger partial charge in [0.2, 0.25) is 0 Å². The number of nitrogens with zero attached hydrogens (tertiary/aromatic N) is 1. The number of aromatic nitrogens is 2. The Labute approximate surface area is 57.3 Å². The molecule has 0 saturated heterocycles. The van der Waals surface area contributed by atoms with E-state index in [2.05, 4.69) is 20.5 Å². The molecule has 0 spiro atoms. The Morgan fingerprint density at radius 2 is 2.70 bits per heavy atom. The van der Waals surface area contributed by atoms with Crippen LogP contribution in [-0.4, -0.2) is 23.2 Å². The van der Waals surface area contributed by atoms with Crippen LogP contribution in [0.2, 0.25) is 0 Å². The minimum atomic E-state index is -0.309. The van der Waals surface area contributed by atoms with Crippen molar-refractivity contribution in [3.63, 3.8) is 0 Å². The molecule has 5 nitrogen and oxygen atoms in total. The average molecular weight is 141 g/mol. The van der Waals surface area contributed by atoms with Crippen LogP contribution in [0.25, 0.3) is 0 Å². The first-order valence-electron chi connectivity index (χ1n) is 2.66. The zero-order chi connectivity index (χ0) is 7.40. The molecule has 1 aromatic rings. The van der Waals surface area contributed by atoms with Crippen LogP contribution in [0.15, 0.2) is 12.4 Å². The summed E-state index contributed by atoms with van der Waals surface area (Å²) in [4.78, 5) is 15.2. The number of hydroxylamine groups is 1. The first kappa shape index (κ1) is 6.76. The Hall–Kier alpha value is -1.36. The van der Waals surface area contributed by atoms with Gasteiger partial charge >= 0.3 is 0 Å². The summed E-state index contributed by atoms with van der Waals surface area (Å²) in [6, 6.07) is 0. The molecule has 54 valence electrons. The predicted octanol–water partition coefficient (Wildman–Crippen LogP) is -0.299. The van der Waals surface area contributed by atoms with Gasteiger partial charge in [-0.25, -0.2) is 5.48 Å². The van der Waals surface area contributed by atoms with E-state index in [1.807, 2.05) is 0 Å². The number of carbonyl (C=O) groups is 1. The van der Waals surface area contributed by atoms with E-state index >= 15 is 0 Å². The van der Waals surface area contributed by atoms with Crippen molar-refractivity contribution in [3.8, 4) is 0 Å². The summed E-state index contributed by atoms with van der Waals surface area (Å²) >= 11 is 0. The van der Waals surface area contributed by atoms with E-state index in [-0.39, 0.29) is 5.91 Å². The molecule has 0 saturated carbocycles. The largest absolute Gasteiger partial charge is 0.285 e. The summed E-state index contributed by atoms with van der Waals surface area (Å²) in [5.41, 5.74) is 2.60. The molecule has 10 heavy (non-hydrogen) atoms. The van der Waals surface area contributed by atoms with E-state index < -0.39 is 0 Å². The number of H-pyrrole nitrogens is 1. The maximum atomic E-state index is 10.8. The number of aromatic amines is 1. The highest BCUT2D eigenvalue weighted by Crippen LogP contribution is 1.91. The van der Waals surface area contributed by atoms with Gasteiger partial charge in [-0.1, -0.05) is 0 Å². The van der Waals surface area contributed by atoms with Gasteiger partial charge in [-0.05, 0) is 0 Å². The minimum absolute atomic E-state index is 0.309. The van der Waals surface area contributed by atoms with E-state index in [0.717, 1.165) is 0 Å². The molecule has 0 aliphatic heterocycles. The van der Waals surface area contributed by atoms with Crippen molar-refractivity contribution in [2.45, 2.75) is 0 Å². The molecule has 1 heterocycles. The lowest BCUT2D eigenvalue weighted by Gasteiger charge is -1.95. The van der Waals surface area contributed by atoms with Crippen LogP contribution in [0, 0.1) is 0 Å². The van der Waals surface area contributed by atoms with E-state index in [0.29, 0.717) is 5.56 Å². The Bertz CT molecular complexity index is 207. The highest BCUT2D eigenvalue weighted by molar-refractivity contribution is 5.92. The number of amides is 1. The number of nitrogens with one attached hydrogen (secondary N) is 2. The summed E-state index contributed by atoms with van der Waals surface area (Å²) < 4.78 is 0. The predicted molar refractivity (Wildman–Crippen MR) is 33.1 cm³/mol. The minimum Gasteiger partial charge on any atom is -0.285 e. The van der Waals surface area contributed by atoms with Crippen LogP contribution >= 0.6 is 0 Å². The molecule has 5 heteroatoms. The lowest BCUT2D eigenvalue weighted by Crippen LogP contribution is -2.21. The highest BCUT2D eigenvalue weighted by Gasteiger charge is 2.03. The number of carbonyl (C=O) groups excluding carboxylic acids is 1. The summed E-state index contributed by atoms with van der Waals surface area (Å²) in [6.07, 6.45) is 2.89. The maximum Gasteiger partial charge on any atom is 0.278 e. The molecule has 2 N–H and O–H groups in total. The van der Waals surface area contributed by atoms with E-state index in [1.165, 1.54) is 19.5 Å². The van der Waals surface area contributed by atoms with Gasteiger partial charge in [0.05, 0.1) is 18.9 Å². The molecule has 0 atom stereocenters. The van der Waals surface area contributed by atoms with Crippen molar-refractivity contribution in [3.05, 3.63) is 18.0 Å². The molecular formula is C5H7N3O2. The molecule has 0 aliphatic carbocycles. The molecule has 1 rings (SSSR count). The molecule has 0 unspecified atom stereocenters. The van der Waals surface area contributed by atoms with E-state index in [4.69, 9.17) is 0 Å². The number of rotatable bonds is 2. The summed E-state index contributed by atoms with van der Waals surface area (Å²) in [5.74, 6) is -0.309. The van der Waals surface area contributed by atoms with Crippen LogP contribution in [0.3, 0.4) is 0 Å². The fourth-order valence-corrected chi connectivity index (χ4v) is 0.527. The van der Waals surface area contributed by atoms with Crippen LogP contribution < -0.4 is 5.48 Å². The molecule has 0 fully saturated rings. The maximum absolute atomic E-state index is 10.8. The molecule has 0 bridgehead atoms. The number of hydrogen-bond acceptors (Lipinski definition) is 3. The average Bonchev–Trinajstić information content (AvgIpc) is 2.38. The van der Waals surface area contributed by atoms with Gasteiger partial charge < -0.3 is 0 Å². The van der Waals surface area contributed by atoms with Gasteiger partial charge in [0.15, 0.2) is 0 Å². The Kier molecular flexibility index (Phi) is 2.01. The zero-order valence-corrected chi connectivity index (χ0v) is 5.42. The molecule has 0 aliphatic rings. The Balaban J connectivity index is 2.59. The first-order chi connectivity index (χ1) is 4.84. The molecule has 0 aromatic carbocycles. The van der Waals surface area contributed by atoms with Crippen LogP contribution in [0.1, 0.15) is 10.4 Å². The van der Waals surface area contributed by atoms with Gasteiger partial charge in [0.25, 0.3) is 5.91 Å². The van der Waals surface area contributed by atoms with Gasteiger partial charge in [0, 0.05) is 6.20 Å². The normalized spacial score (nSPS) is 9.30. The third kappa shape index (κ3) is 1.32. The second kappa shape index (κ2) is 2.98. The molecule has 1 amide bonds. The Morgan fingerprint density at radius 3 is 3.20 bits per heavy atom. The van der Waals surface area contributed by atoms with Gasteiger partial charge in [-0.3, -0.25) is 14.7 Å². The lowest BCUT2D eigenvalue weighted by atomic mass is 10.4. The Morgan fingerprint density at radius 1 is 1.90 bits per heavy atom. The van der Waals surface area contributed by atoms with Crippen molar-refractivity contribution >= 4 is 5.91 Å². The van der Waals surface area contributed by atoms with Crippen molar-refractivity contribution in [1.29, 1.82) is 0 Å². The fourth-order valence-electron chi connectivity index (χ4n) is 0.527. The fraction of sp³-hybridized carbons (Fsp3) is 0.200. The lowest BCUT2D eigenvalue weighted by molar-refractivity contribution is 0.0537. The molecule has 0 radical (unpaired) electrons. The second-order valence-electron chi connectivity index (χ2n) is 1.62. The third-order valence-corrected chi connectivity index (χ3v) is 0.955. The highest BCUT2D eigenvalue weighted by atomic mass is 16.6. The molecular weight excluding hydrogens is 134 g/mol. The summed E-state index contributed by atoms with van der Waals surface area (Å²) in [5, 5.41) is 6.09. The van der Waals surface area contributed by atoms with Crippen LogP contribution in [0.5, 0.6) is 0 Å². The van der Waals surface area contributed by atoms with Crippen molar-refractivity contribution in [1.82, 2.24) is 15.7 Å². The quantitative estimate of drug-likeness (QED) is 0.555. The van der Waals surface area contributed by atoms with Crippen molar-refractivity contribution in [2.75, 3.05) is 7.11 Å². The van der Waals surface area contributed by atoms with Gasteiger partial charge in [-0.2, -0.15) is 5.10 Å². The van der Waals surface area contributed by atoms with Crippen molar-refractivity contribution in [2.24, 2.45) is 0 Å². The van der Waals surface area contributed by atoms with Crippen molar-refractivity contribution < 1.29 is 9.63 Å². The molecule has 1 aromatic heterocycles. The van der Waals surface area contributed by atoms with Gasteiger partial charge in [-0.15, -0.1) is 0 Å². The smallest absolute Gasteiger partial charge is 0.278 e. The van der Waals surface area contributed by atoms with Crippen LogP contribution in [-0.2, 0) is 4.84 Å². The standard InChI is InChI=1S/C5H7N3O2/c1-10-8-5(9)4-2-6-7-3-4/h2-3H,1H3,(H,6,7)(H,8,9).